The Morgan fingerprint density at radius 1 is 1.30 bits per heavy atom. The molecule has 20 heavy (non-hydrogen) atoms. The van der Waals surface area contributed by atoms with E-state index in [4.69, 9.17) is 5.73 Å². The first kappa shape index (κ1) is 13.1. The summed E-state index contributed by atoms with van der Waals surface area (Å²) in [5.41, 5.74) is 5.83. The third-order valence-corrected chi connectivity index (χ3v) is 4.19. The van der Waals surface area contributed by atoms with Gasteiger partial charge in [0.05, 0.1) is 6.54 Å². The van der Waals surface area contributed by atoms with Crippen molar-refractivity contribution in [2.45, 2.75) is 19.4 Å². The number of hydrogen-bond acceptors (Lipinski definition) is 7. The van der Waals surface area contributed by atoms with E-state index in [1.165, 1.54) is 17.7 Å². The van der Waals surface area contributed by atoms with Crippen LogP contribution in [0.5, 0.6) is 0 Å². The number of anilines is 3. The van der Waals surface area contributed by atoms with Gasteiger partial charge in [0.2, 0.25) is 17.8 Å². The SMILES string of the molecule is CN(Cc1cccs1)c1nc(N)nc(N2CCCC2)n1. The van der Waals surface area contributed by atoms with Gasteiger partial charge in [0, 0.05) is 25.0 Å². The zero-order valence-corrected chi connectivity index (χ0v) is 12.3. The molecule has 0 spiro atoms. The lowest BCUT2D eigenvalue weighted by Crippen LogP contribution is -2.25. The van der Waals surface area contributed by atoms with Gasteiger partial charge in [0.25, 0.3) is 0 Å². The van der Waals surface area contributed by atoms with E-state index in [0.29, 0.717) is 11.9 Å². The van der Waals surface area contributed by atoms with Gasteiger partial charge in [-0.15, -0.1) is 11.3 Å². The van der Waals surface area contributed by atoms with E-state index in [1.807, 2.05) is 18.0 Å². The molecular formula is C13H18N6S. The molecule has 3 heterocycles. The minimum absolute atomic E-state index is 0.287. The molecule has 0 unspecified atom stereocenters. The monoisotopic (exact) mass is 290 g/mol. The number of thiophene rings is 1. The van der Waals surface area contributed by atoms with Crippen LogP contribution in [0.1, 0.15) is 17.7 Å². The number of rotatable bonds is 4. The van der Waals surface area contributed by atoms with Crippen molar-refractivity contribution in [3.05, 3.63) is 22.4 Å². The molecule has 2 aromatic rings. The van der Waals surface area contributed by atoms with Crippen LogP contribution in [0.3, 0.4) is 0 Å². The number of nitrogens with two attached hydrogens (primary N) is 1. The topological polar surface area (TPSA) is 71.2 Å². The Morgan fingerprint density at radius 3 is 2.80 bits per heavy atom. The smallest absolute Gasteiger partial charge is 0.232 e. The molecule has 1 saturated heterocycles. The molecule has 2 N–H and O–H groups in total. The van der Waals surface area contributed by atoms with Crippen LogP contribution < -0.4 is 15.5 Å². The summed E-state index contributed by atoms with van der Waals surface area (Å²) in [6.45, 7) is 2.77. The Hall–Kier alpha value is -1.89. The summed E-state index contributed by atoms with van der Waals surface area (Å²) < 4.78 is 0. The lowest BCUT2D eigenvalue weighted by Gasteiger charge is -2.20. The minimum atomic E-state index is 0.287. The fraction of sp³-hybridized carbons (Fsp3) is 0.462. The van der Waals surface area contributed by atoms with Crippen LogP contribution in [0.2, 0.25) is 0 Å². The van der Waals surface area contributed by atoms with Gasteiger partial charge < -0.3 is 15.5 Å². The highest BCUT2D eigenvalue weighted by Crippen LogP contribution is 2.20. The molecule has 6 nitrogen and oxygen atoms in total. The van der Waals surface area contributed by atoms with Crippen molar-refractivity contribution in [2.24, 2.45) is 0 Å². The van der Waals surface area contributed by atoms with Gasteiger partial charge in [-0.05, 0) is 24.3 Å². The first-order valence-electron chi connectivity index (χ1n) is 6.72. The van der Waals surface area contributed by atoms with Crippen molar-refractivity contribution < 1.29 is 0 Å². The van der Waals surface area contributed by atoms with Gasteiger partial charge in [-0.25, -0.2) is 0 Å². The van der Waals surface area contributed by atoms with E-state index in [9.17, 15) is 0 Å². The van der Waals surface area contributed by atoms with E-state index in [1.54, 1.807) is 11.3 Å². The first-order valence-corrected chi connectivity index (χ1v) is 7.60. The van der Waals surface area contributed by atoms with Crippen LogP contribution >= 0.6 is 11.3 Å². The van der Waals surface area contributed by atoms with Crippen LogP contribution in [0, 0.1) is 0 Å². The summed E-state index contributed by atoms with van der Waals surface area (Å²) in [6, 6.07) is 4.15. The lowest BCUT2D eigenvalue weighted by atomic mass is 10.4. The molecule has 0 atom stereocenters. The standard InChI is InChI=1S/C13H18N6S/c1-18(9-10-5-4-8-20-10)12-15-11(14)16-13(17-12)19-6-2-3-7-19/h4-5,8H,2-3,6-7,9H2,1H3,(H2,14,15,16,17). The van der Waals surface area contributed by atoms with Crippen molar-refractivity contribution >= 4 is 29.2 Å². The van der Waals surface area contributed by atoms with Crippen LogP contribution in [0.25, 0.3) is 0 Å². The highest BCUT2D eigenvalue weighted by Gasteiger charge is 2.18. The third-order valence-electron chi connectivity index (χ3n) is 3.33. The number of nitrogen functional groups attached to an aromatic ring is 1. The minimum Gasteiger partial charge on any atom is -0.368 e. The van der Waals surface area contributed by atoms with Crippen molar-refractivity contribution in [2.75, 3.05) is 35.7 Å². The van der Waals surface area contributed by atoms with Gasteiger partial charge in [-0.3, -0.25) is 0 Å². The summed E-state index contributed by atoms with van der Waals surface area (Å²) in [7, 11) is 1.97. The Balaban J connectivity index is 1.81. The van der Waals surface area contributed by atoms with Gasteiger partial charge >= 0.3 is 0 Å². The first-order chi connectivity index (χ1) is 9.72. The molecule has 0 amide bonds. The van der Waals surface area contributed by atoms with Gasteiger partial charge in [-0.2, -0.15) is 15.0 Å². The van der Waals surface area contributed by atoms with Crippen LogP contribution in [-0.2, 0) is 6.54 Å². The van der Waals surface area contributed by atoms with Crippen LogP contribution in [-0.4, -0.2) is 35.1 Å². The molecule has 1 aliphatic heterocycles. The molecule has 1 fully saturated rings. The molecule has 1 aliphatic rings. The molecule has 0 bridgehead atoms. The molecule has 7 heteroatoms. The molecule has 3 rings (SSSR count). The maximum absolute atomic E-state index is 5.83. The zero-order valence-electron chi connectivity index (χ0n) is 11.5. The molecule has 0 aromatic carbocycles. The van der Waals surface area contributed by atoms with Crippen LogP contribution in [0.4, 0.5) is 17.8 Å². The highest BCUT2D eigenvalue weighted by molar-refractivity contribution is 7.09. The van der Waals surface area contributed by atoms with Crippen molar-refractivity contribution in [1.29, 1.82) is 0 Å². The predicted molar refractivity (Wildman–Crippen MR) is 82.1 cm³/mol. The molecule has 0 radical (unpaired) electrons. The molecule has 0 saturated carbocycles. The van der Waals surface area contributed by atoms with Crippen molar-refractivity contribution in [3.8, 4) is 0 Å². The van der Waals surface area contributed by atoms with Gasteiger partial charge in [-0.1, -0.05) is 6.07 Å². The van der Waals surface area contributed by atoms with Crippen LogP contribution in [0.15, 0.2) is 17.5 Å². The fourth-order valence-corrected chi connectivity index (χ4v) is 3.06. The molecular weight excluding hydrogens is 272 g/mol. The summed E-state index contributed by atoms with van der Waals surface area (Å²) in [4.78, 5) is 18.5. The number of hydrogen-bond donors (Lipinski definition) is 1. The number of aromatic nitrogens is 3. The summed E-state index contributed by atoms with van der Waals surface area (Å²) in [5, 5.41) is 2.07. The summed E-state index contributed by atoms with van der Waals surface area (Å²) in [6.07, 6.45) is 2.37. The Kier molecular flexibility index (Phi) is 3.68. The molecule has 106 valence electrons. The average Bonchev–Trinajstić information content (AvgIpc) is 3.11. The van der Waals surface area contributed by atoms with Crippen molar-refractivity contribution in [1.82, 2.24) is 15.0 Å². The second kappa shape index (κ2) is 5.62. The quantitative estimate of drug-likeness (QED) is 0.925. The van der Waals surface area contributed by atoms with E-state index in [2.05, 4.69) is 31.3 Å². The average molecular weight is 290 g/mol. The second-order valence-corrected chi connectivity index (χ2v) is 5.96. The second-order valence-electron chi connectivity index (χ2n) is 4.92. The Labute approximate surface area is 122 Å². The van der Waals surface area contributed by atoms with Gasteiger partial charge in [0.1, 0.15) is 0 Å². The maximum atomic E-state index is 5.83. The van der Waals surface area contributed by atoms with E-state index >= 15 is 0 Å². The Morgan fingerprint density at radius 2 is 2.10 bits per heavy atom. The fourth-order valence-electron chi connectivity index (χ4n) is 2.31. The lowest BCUT2D eigenvalue weighted by molar-refractivity contribution is 0.834. The summed E-state index contributed by atoms with van der Waals surface area (Å²) in [5.74, 6) is 1.62. The largest absolute Gasteiger partial charge is 0.368 e. The zero-order chi connectivity index (χ0) is 13.9. The predicted octanol–water partition coefficient (Wildman–Crippen LogP) is 1.75. The molecule has 2 aromatic heterocycles. The van der Waals surface area contributed by atoms with E-state index in [0.717, 1.165) is 19.6 Å². The molecule has 0 aliphatic carbocycles. The van der Waals surface area contributed by atoms with E-state index in [-0.39, 0.29) is 5.95 Å². The van der Waals surface area contributed by atoms with E-state index < -0.39 is 0 Å². The normalized spacial score (nSPS) is 14.8. The van der Waals surface area contributed by atoms with Crippen molar-refractivity contribution in [3.63, 3.8) is 0 Å². The summed E-state index contributed by atoms with van der Waals surface area (Å²) >= 11 is 1.73. The Bertz CT molecular complexity index is 564. The highest BCUT2D eigenvalue weighted by atomic mass is 32.1. The third kappa shape index (κ3) is 2.82. The number of nitrogens with zero attached hydrogens (tertiary/aromatic N) is 5. The van der Waals surface area contributed by atoms with Gasteiger partial charge in [0.15, 0.2) is 0 Å². The maximum Gasteiger partial charge on any atom is 0.232 e.